The molecule has 0 saturated heterocycles. The van der Waals surface area contributed by atoms with Crippen molar-refractivity contribution in [1.29, 1.82) is 0 Å². The number of carbonyl (C=O) groups is 1. The van der Waals surface area contributed by atoms with Crippen LogP contribution >= 0.6 is 0 Å². The Morgan fingerprint density at radius 2 is 1.86 bits per heavy atom. The zero-order valence-electron chi connectivity index (χ0n) is 12.0. The van der Waals surface area contributed by atoms with Crippen molar-refractivity contribution in [2.75, 3.05) is 6.61 Å². The second kappa shape index (κ2) is 8.09. The zero-order valence-corrected chi connectivity index (χ0v) is 12.8. The van der Waals surface area contributed by atoms with Crippen LogP contribution in [0.1, 0.15) is 49.4 Å². The molecule has 1 aromatic rings. The standard InChI is InChI=1S/C14H20FNO4S/c1-2-3-4-5-6-7-20-14(17)11-8-12(15)10-13(9-11)21(16,18)19/h8-10H,2-7H2,1H3,(H2,16,18,19). The summed E-state index contributed by atoms with van der Waals surface area (Å²) in [5.74, 6) is -1.61. The van der Waals surface area contributed by atoms with E-state index in [9.17, 15) is 17.6 Å². The summed E-state index contributed by atoms with van der Waals surface area (Å²) in [7, 11) is -4.06. The topological polar surface area (TPSA) is 86.5 Å². The van der Waals surface area contributed by atoms with Crippen molar-refractivity contribution in [2.24, 2.45) is 5.14 Å². The molecule has 0 saturated carbocycles. The summed E-state index contributed by atoms with van der Waals surface area (Å²) in [6.45, 7) is 2.33. The number of halogens is 1. The molecule has 0 amide bonds. The minimum absolute atomic E-state index is 0.160. The Morgan fingerprint density at radius 1 is 1.19 bits per heavy atom. The number of hydrogen-bond acceptors (Lipinski definition) is 4. The maximum absolute atomic E-state index is 13.3. The summed E-state index contributed by atoms with van der Waals surface area (Å²) in [4.78, 5) is 11.3. The van der Waals surface area contributed by atoms with E-state index in [1.54, 1.807) is 0 Å². The monoisotopic (exact) mass is 317 g/mol. The molecule has 21 heavy (non-hydrogen) atoms. The van der Waals surface area contributed by atoms with Gasteiger partial charge >= 0.3 is 5.97 Å². The molecular weight excluding hydrogens is 297 g/mol. The Hall–Kier alpha value is -1.47. The van der Waals surface area contributed by atoms with Crippen LogP contribution < -0.4 is 5.14 Å². The molecular formula is C14H20FNO4S. The molecule has 0 radical (unpaired) electrons. The zero-order chi connectivity index (χ0) is 15.9. The maximum Gasteiger partial charge on any atom is 0.338 e. The first kappa shape index (κ1) is 17.6. The number of unbranched alkanes of at least 4 members (excludes halogenated alkanes) is 4. The van der Waals surface area contributed by atoms with Crippen molar-refractivity contribution in [3.8, 4) is 0 Å². The summed E-state index contributed by atoms with van der Waals surface area (Å²) in [6, 6.07) is 2.70. The molecule has 0 aliphatic heterocycles. The van der Waals surface area contributed by atoms with Crippen LogP contribution in [0.25, 0.3) is 0 Å². The molecule has 0 spiro atoms. The summed E-state index contributed by atoms with van der Waals surface area (Å²) >= 11 is 0. The van der Waals surface area contributed by atoms with Crippen LogP contribution in [0.4, 0.5) is 4.39 Å². The van der Waals surface area contributed by atoms with Crippen LogP contribution in [0.15, 0.2) is 23.1 Å². The first-order valence-electron chi connectivity index (χ1n) is 6.85. The lowest BCUT2D eigenvalue weighted by Gasteiger charge is -2.06. The molecule has 0 aliphatic carbocycles. The molecule has 0 fully saturated rings. The molecule has 1 rings (SSSR count). The Morgan fingerprint density at radius 3 is 2.48 bits per heavy atom. The number of carbonyl (C=O) groups excluding carboxylic acids is 1. The average Bonchev–Trinajstić information content (AvgIpc) is 2.40. The fourth-order valence-corrected chi connectivity index (χ4v) is 2.37. The van der Waals surface area contributed by atoms with Crippen molar-refractivity contribution < 1.29 is 22.3 Å². The van der Waals surface area contributed by atoms with Gasteiger partial charge in [0.2, 0.25) is 10.0 Å². The number of ether oxygens (including phenoxy) is 1. The molecule has 0 bridgehead atoms. The van der Waals surface area contributed by atoms with E-state index < -0.39 is 26.7 Å². The van der Waals surface area contributed by atoms with Gasteiger partial charge in [0.05, 0.1) is 17.1 Å². The summed E-state index contributed by atoms with van der Waals surface area (Å²) in [5.41, 5.74) is -0.160. The fourth-order valence-electron chi connectivity index (χ4n) is 1.80. The van der Waals surface area contributed by atoms with Crippen molar-refractivity contribution in [2.45, 2.75) is 43.9 Å². The number of sulfonamides is 1. The third kappa shape index (κ3) is 6.22. The largest absolute Gasteiger partial charge is 0.462 e. The highest BCUT2D eigenvalue weighted by Crippen LogP contribution is 2.14. The van der Waals surface area contributed by atoms with Gasteiger partial charge in [0.1, 0.15) is 5.82 Å². The van der Waals surface area contributed by atoms with Gasteiger partial charge in [0.15, 0.2) is 0 Å². The van der Waals surface area contributed by atoms with E-state index in [2.05, 4.69) is 6.92 Å². The van der Waals surface area contributed by atoms with Gasteiger partial charge in [-0.1, -0.05) is 32.6 Å². The van der Waals surface area contributed by atoms with Crippen molar-refractivity contribution in [3.63, 3.8) is 0 Å². The Labute approximate surface area is 124 Å². The molecule has 1 aromatic carbocycles. The first-order chi connectivity index (χ1) is 9.84. The van der Waals surface area contributed by atoms with Gasteiger partial charge in [-0.05, 0) is 24.6 Å². The highest BCUT2D eigenvalue weighted by Gasteiger charge is 2.15. The minimum atomic E-state index is -4.06. The van der Waals surface area contributed by atoms with E-state index in [0.29, 0.717) is 0 Å². The van der Waals surface area contributed by atoms with Gasteiger partial charge in [0.25, 0.3) is 0 Å². The molecule has 118 valence electrons. The van der Waals surface area contributed by atoms with Gasteiger partial charge in [-0.15, -0.1) is 0 Å². The van der Waals surface area contributed by atoms with E-state index in [4.69, 9.17) is 9.88 Å². The molecule has 2 N–H and O–H groups in total. The lowest BCUT2D eigenvalue weighted by molar-refractivity contribution is 0.0497. The van der Waals surface area contributed by atoms with E-state index in [0.717, 1.165) is 50.3 Å². The number of benzene rings is 1. The summed E-state index contributed by atoms with van der Waals surface area (Å²) < 4.78 is 40.7. The maximum atomic E-state index is 13.3. The van der Waals surface area contributed by atoms with Crippen LogP contribution in [0, 0.1) is 5.82 Å². The number of rotatable bonds is 8. The van der Waals surface area contributed by atoms with Gasteiger partial charge in [-0.2, -0.15) is 0 Å². The van der Waals surface area contributed by atoms with Gasteiger partial charge in [-0.3, -0.25) is 0 Å². The van der Waals surface area contributed by atoms with E-state index in [1.165, 1.54) is 0 Å². The smallest absolute Gasteiger partial charge is 0.338 e. The molecule has 5 nitrogen and oxygen atoms in total. The van der Waals surface area contributed by atoms with Gasteiger partial charge < -0.3 is 4.74 Å². The lowest BCUT2D eigenvalue weighted by Crippen LogP contribution is -2.14. The predicted molar refractivity (Wildman–Crippen MR) is 76.8 cm³/mol. The summed E-state index contributed by atoms with van der Waals surface area (Å²) in [5, 5.41) is 4.92. The molecule has 0 unspecified atom stereocenters. The number of hydrogen-bond donors (Lipinski definition) is 1. The number of nitrogens with two attached hydrogens (primary N) is 1. The van der Waals surface area contributed by atoms with Crippen LogP contribution in [0.2, 0.25) is 0 Å². The number of esters is 1. The van der Waals surface area contributed by atoms with E-state index in [-0.39, 0.29) is 12.2 Å². The second-order valence-corrected chi connectivity index (χ2v) is 6.33. The van der Waals surface area contributed by atoms with Gasteiger partial charge in [-0.25, -0.2) is 22.7 Å². The lowest BCUT2D eigenvalue weighted by atomic mass is 10.2. The van der Waals surface area contributed by atoms with Crippen molar-refractivity contribution in [3.05, 3.63) is 29.6 Å². The second-order valence-electron chi connectivity index (χ2n) is 4.77. The average molecular weight is 317 g/mol. The quantitative estimate of drug-likeness (QED) is 0.590. The Balaban J connectivity index is 2.60. The minimum Gasteiger partial charge on any atom is -0.462 e. The highest BCUT2D eigenvalue weighted by molar-refractivity contribution is 7.89. The Bertz CT molecular complexity index is 587. The van der Waals surface area contributed by atoms with E-state index >= 15 is 0 Å². The normalized spacial score (nSPS) is 11.4. The SMILES string of the molecule is CCCCCCCOC(=O)c1cc(F)cc(S(N)(=O)=O)c1. The molecule has 7 heteroatoms. The van der Waals surface area contributed by atoms with Gasteiger partial charge in [0, 0.05) is 0 Å². The van der Waals surface area contributed by atoms with Crippen LogP contribution in [0.3, 0.4) is 0 Å². The summed E-state index contributed by atoms with van der Waals surface area (Å²) in [6.07, 6.45) is 5.01. The van der Waals surface area contributed by atoms with Crippen molar-refractivity contribution >= 4 is 16.0 Å². The highest BCUT2D eigenvalue weighted by atomic mass is 32.2. The third-order valence-electron chi connectivity index (χ3n) is 2.92. The Kier molecular flexibility index (Phi) is 6.77. The molecule has 0 heterocycles. The predicted octanol–water partition coefficient (Wildman–Crippen LogP) is 2.60. The third-order valence-corrected chi connectivity index (χ3v) is 3.81. The van der Waals surface area contributed by atoms with Crippen LogP contribution in [-0.4, -0.2) is 21.0 Å². The fraction of sp³-hybridized carbons (Fsp3) is 0.500. The van der Waals surface area contributed by atoms with Crippen LogP contribution in [0.5, 0.6) is 0 Å². The molecule has 0 aliphatic rings. The van der Waals surface area contributed by atoms with Crippen molar-refractivity contribution in [1.82, 2.24) is 0 Å². The van der Waals surface area contributed by atoms with Crippen LogP contribution in [-0.2, 0) is 14.8 Å². The van der Waals surface area contributed by atoms with E-state index in [1.807, 2.05) is 0 Å². The first-order valence-corrected chi connectivity index (χ1v) is 8.39. The number of primary sulfonamides is 1. The molecule has 0 aromatic heterocycles. The molecule has 0 atom stereocenters.